The van der Waals surface area contributed by atoms with E-state index >= 15 is 0 Å². The van der Waals surface area contributed by atoms with Crippen molar-refractivity contribution in [1.82, 2.24) is 30.4 Å². The van der Waals surface area contributed by atoms with E-state index in [9.17, 15) is 4.79 Å². The molecule has 0 saturated carbocycles. The number of tetrazole rings is 1. The maximum atomic E-state index is 11.8. The summed E-state index contributed by atoms with van der Waals surface area (Å²) in [6.07, 6.45) is 0. The number of ether oxygens (including phenoxy) is 2. The summed E-state index contributed by atoms with van der Waals surface area (Å²) in [5.41, 5.74) is 0.843. The average molecular weight is 346 g/mol. The molecule has 2 aromatic rings. The number of amides is 1. The number of rotatable bonds is 7. The van der Waals surface area contributed by atoms with Crippen molar-refractivity contribution in [2.75, 3.05) is 46.0 Å². The fourth-order valence-corrected chi connectivity index (χ4v) is 2.48. The van der Waals surface area contributed by atoms with Crippen LogP contribution in [0.2, 0.25) is 0 Å². The Hall–Kier alpha value is -2.52. The predicted molar refractivity (Wildman–Crippen MR) is 90.0 cm³/mol. The van der Waals surface area contributed by atoms with Crippen LogP contribution in [0.15, 0.2) is 24.3 Å². The van der Waals surface area contributed by atoms with E-state index in [2.05, 4.69) is 25.6 Å². The van der Waals surface area contributed by atoms with Crippen molar-refractivity contribution in [3.8, 4) is 17.1 Å². The van der Waals surface area contributed by atoms with Crippen LogP contribution < -0.4 is 10.1 Å². The first-order valence-electron chi connectivity index (χ1n) is 8.25. The van der Waals surface area contributed by atoms with E-state index in [0.29, 0.717) is 18.1 Å². The number of morpholine rings is 1. The lowest BCUT2D eigenvalue weighted by molar-refractivity contribution is -0.123. The number of hydrogen-bond donors (Lipinski definition) is 1. The van der Waals surface area contributed by atoms with Crippen molar-refractivity contribution in [1.29, 1.82) is 0 Å². The van der Waals surface area contributed by atoms with Gasteiger partial charge in [-0.15, -0.1) is 10.2 Å². The van der Waals surface area contributed by atoms with E-state index in [1.165, 1.54) is 4.80 Å². The van der Waals surface area contributed by atoms with Gasteiger partial charge in [0.1, 0.15) is 5.75 Å². The molecular weight excluding hydrogens is 324 g/mol. The lowest BCUT2D eigenvalue weighted by Crippen LogP contribution is -2.42. The van der Waals surface area contributed by atoms with Gasteiger partial charge < -0.3 is 14.8 Å². The third-order valence-corrected chi connectivity index (χ3v) is 3.84. The molecule has 1 aliphatic heterocycles. The molecule has 0 unspecified atom stereocenters. The summed E-state index contributed by atoms with van der Waals surface area (Å²) in [7, 11) is 1.71. The van der Waals surface area contributed by atoms with Gasteiger partial charge in [0.05, 0.1) is 20.3 Å². The highest BCUT2D eigenvalue weighted by Gasteiger charge is 2.10. The second kappa shape index (κ2) is 8.54. The zero-order chi connectivity index (χ0) is 17.5. The highest BCUT2D eigenvalue weighted by molar-refractivity contribution is 5.77. The summed E-state index contributed by atoms with van der Waals surface area (Å²) >= 11 is 0. The molecule has 9 nitrogen and oxygen atoms in total. The van der Waals surface area contributed by atoms with E-state index in [0.717, 1.165) is 38.4 Å². The second-order valence-electron chi connectivity index (χ2n) is 5.72. The first-order chi connectivity index (χ1) is 12.2. The smallest absolute Gasteiger partial charge is 0.257 e. The molecule has 1 saturated heterocycles. The first-order valence-corrected chi connectivity index (χ1v) is 8.25. The number of nitrogens with one attached hydrogen (secondary N) is 1. The molecule has 1 amide bonds. The molecule has 1 aliphatic rings. The van der Waals surface area contributed by atoms with Crippen LogP contribution in [0.3, 0.4) is 0 Å². The van der Waals surface area contributed by atoms with E-state index in [4.69, 9.17) is 9.47 Å². The minimum absolute atomic E-state index is 0.00809. The minimum Gasteiger partial charge on any atom is -0.484 e. The van der Waals surface area contributed by atoms with Gasteiger partial charge in [-0.1, -0.05) is 0 Å². The van der Waals surface area contributed by atoms with Crippen LogP contribution in [-0.4, -0.2) is 77.0 Å². The molecule has 9 heteroatoms. The van der Waals surface area contributed by atoms with Crippen LogP contribution in [0.1, 0.15) is 0 Å². The van der Waals surface area contributed by atoms with Gasteiger partial charge in [-0.25, -0.2) is 0 Å². The molecule has 1 N–H and O–H groups in total. The Bertz CT molecular complexity index is 681. The molecule has 134 valence electrons. The van der Waals surface area contributed by atoms with Crippen LogP contribution in [0.5, 0.6) is 5.75 Å². The third-order valence-electron chi connectivity index (χ3n) is 3.84. The van der Waals surface area contributed by atoms with Crippen molar-refractivity contribution in [3.63, 3.8) is 0 Å². The Balaban J connectivity index is 1.38. The monoisotopic (exact) mass is 346 g/mol. The Morgan fingerprint density at radius 3 is 2.72 bits per heavy atom. The van der Waals surface area contributed by atoms with Crippen LogP contribution >= 0.6 is 0 Å². The molecule has 0 bridgehead atoms. The van der Waals surface area contributed by atoms with Crippen molar-refractivity contribution >= 4 is 5.91 Å². The third kappa shape index (κ3) is 5.23. The maximum absolute atomic E-state index is 11.8. The summed E-state index contributed by atoms with van der Waals surface area (Å²) in [5.74, 6) is 1.04. The van der Waals surface area contributed by atoms with Gasteiger partial charge in [0.25, 0.3) is 5.91 Å². The van der Waals surface area contributed by atoms with E-state index in [1.54, 1.807) is 19.2 Å². The number of aromatic nitrogens is 4. The first kappa shape index (κ1) is 17.3. The summed E-state index contributed by atoms with van der Waals surface area (Å²) < 4.78 is 10.8. The maximum Gasteiger partial charge on any atom is 0.257 e. The molecule has 3 rings (SSSR count). The SMILES string of the molecule is Cn1nnc(-c2ccc(OCC(=O)NCCN3CCOCC3)cc2)n1. The molecule has 1 aromatic heterocycles. The Morgan fingerprint density at radius 2 is 2.04 bits per heavy atom. The summed E-state index contributed by atoms with van der Waals surface area (Å²) in [4.78, 5) is 15.5. The molecule has 1 aromatic carbocycles. The van der Waals surface area contributed by atoms with Gasteiger partial charge in [-0.3, -0.25) is 9.69 Å². The van der Waals surface area contributed by atoms with Gasteiger partial charge in [-0.2, -0.15) is 4.80 Å². The number of nitrogens with zero attached hydrogens (tertiary/aromatic N) is 5. The number of benzene rings is 1. The lowest BCUT2D eigenvalue weighted by Gasteiger charge is -2.26. The molecule has 0 radical (unpaired) electrons. The summed E-state index contributed by atoms with van der Waals surface area (Å²) in [6, 6.07) is 7.24. The van der Waals surface area contributed by atoms with E-state index < -0.39 is 0 Å². The van der Waals surface area contributed by atoms with Crippen LogP contribution in [0, 0.1) is 0 Å². The number of carbonyl (C=O) groups is 1. The van der Waals surface area contributed by atoms with Crippen LogP contribution in [-0.2, 0) is 16.6 Å². The molecule has 0 aliphatic carbocycles. The quantitative estimate of drug-likeness (QED) is 0.736. The van der Waals surface area contributed by atoms with E-state index in [-0.39, 0.29) is 12.5 Å². The molecule has 0 atom stereocenters. The lowest BCUT2D eigenvalue weighted by atomic mass is 10.2. The Labute approximate surface area is 145 Å². The number of aryl methyl sites for hydroxylation is 1. The zero-order valence-electron chi connectivity index (χ0n) is 14.2. The molecule has 0 spiro atoms. The fraction of sp³-hybridized carbons (Fsp3) is 0.500. The molecular formula is C16H22N6O3. The largest absolute Gasteiger partial charge is 0.484 e. The van der Waals surface area contributed by atoms with Gasteiger partial charge in [-0.05, 0) is 29.5 Å². The van der Waals surface area contributed by atoms with Crippen molar-refractivity contribution in [2.24, 2.45) is 7.05 Å². The molecule has 2 heterocycles. The van der Waals surface area contributed by atoms with Gasteiger partial charge in [0, 0.05) is 31.7 Å². The molecule has 25 heavy (non-hydrogen) atoms. The predicted octanol–water partition coefficient (Wildman–Crippen LogP) is -0.296. The van der Waals surface area contributed by atoms with Gasteiger partial charge >= 0.3 is 0 Å². The normalized spacial score (nSPS) is 15.1. The van der Waals surface area contributed by atoms with Crippen molar-refractivity contribution in [2.45, 2.75) is 0 Å². The highest BCUT2D eigenvalue weighted by Crippen LogP contribution is 2.18. The fourth-order valence-electron chi connectivity index (χ4n) is 2.48. The van der Waals surface area contributed by atoms with E-state index in [1.807, 2.05) is 12.1 Å². The summed E-state index contributed by atoms with van der Waals surface area (Å²) in [5, 5.41) is 14.7. The van der Waals surface area contributed by atoms with Crippen LogP contribution in [0.25, 0.3) is 11.4 Å². The Morgan fingerprint density at radius 1 is 1.28 bits per heavy atom. The summed E-state index contributed by atoms with van der Waals surface area (Å²) in [6.45, 7) is 4.78. The van der Waals surface area contributed by atoms with Crippen molar-refractivity contribution < 1.29 is 14.3 Å². The minimum atomic E-state index is -0.132. The van der Waals surface area contributed by atoms with Crippen molar-refractivity contribution in [3.05, 3.63) is 24.3 Å². The van der Waals surface area contributed by atoms with Gasteiger partial charge in [0.2, 0.25) is 5.82 Å². The van der Waals surface area contributed by atoms with Crippen LogP contribution in [0.4, 0.5) is 0 Å². The Kier molecular flexibility index (Phi) is 5.91. The van der Waals surface area contributed by atoms with Gasteiger partial charge in [0.15, 0.2) is 6.61 Å². The zero-order valence-corrected chi connectivity index (χ0v) is 14.2. The second-order valence-corrected chi connectivity index (χ2v) is 5.72. The average Bonchev–Trinajstić information content (AvgIpc) is 3.08. The highest BCUT2D eigenvalue weighted by atomic mass is 16.5. The topological polar surface area (TPSA) is 94.4 Å². The number of hydrogen-bond acceptors (Lipinski definition) is 7. The standard InChI is InChI=1S/C16H22N6O3/c1-21-19-16(18-20-21)13-2-4-14(5-3-13)25-12-15(23)17-6-7-22-8-10-24-11-9-22/h2-5H,6-12H2,1H3,(H,17,23). The molecule has 1 fully saturated rings. The number of carbonyl (C=O) groups excluding carboxylic acids is 1.